The van der Waals surface area contributed by atoms with Crippen LogP contribution in [0.15, 0.2) is 44.9 Å². The number of halogens is 7. The Morgan fingerprint density at radius 2 is 1.68 bits per heavy atom. The van der Waals surface area contributed by atoms with E-state index in [4.69, 9.17) is 10.2 Å². The SMILES string of the molecule is O=C(O)C1=Cc2c(F)ccc(Br)c2OC1C(F)(F)F.Oc1cc(F)ccc1Br. The first-order valence-corrected chi connectivity index (χ1v) is 8.80. The number of carboxylic acid groups (broad SMARTS) is 1. The lowest BCUT2D eigenvalue weighted by atomic mass is 10.0. The number of aliphatic carboxylic acids is 1. The van der Waals surface area contributed by atoms with E-state index in [1.807, 2.05) is 0 Å². The van der Waals surface area contributed by atoms with Crippen LogP contribution in [0.4, 0.5) is 22.0 Å². The number of phenolic OH excluding ortho intramolecular Hbond substituents is 1. The van der Waals surface area contributed by atoms with Gasteiger partial charge in [0.1, 0.15) is 23.1 Å². The highest BCUT2D eigenvalue weighted by molar-refractivity contribution is 9.10. The average molecular weight is 532 g/mol. The first kappa shape index (κ1) is 22.2. The van der Waals surface area contributed by atoms with Gasteiger partial charge in [-0.15, -0.1) is 0 Å². The van der Waals surface area contributed by atoms with Crippen molar-refractivity contribution in [1.29, 1.82) is 0 Å². The summed E-state index contributed by atoms with van der Waals surface area (Å²) in [7, 11) is 0. The average Bonchev–Trinajstić information content (AvgIpc) is 2.60. The predicted octanol–water partition coefficient (Wildman–Crippen LogP) is 5.67. The van der Waals surface area contributed by atoms with E-state index in [0.717, 1.165) is 12.1 Å². The lowest BCUT2D eigenvalue weighted by Gasteiger charge is -2.27. The van der Waals surface area contributed by atoms with Crippen LogP contribution in [0.1, 0.15) is 5.56 Å². The third kappa shape index (κ3) is 5.02. The number of fused-ring (bicyclic) bond motifs is 1. The number of ether oxygens (including phenoxy) is 1. The van der Waals surface area contributed by atoms with Gasteiger partial charge in [0.25, 0.3) is 0 Å². The van der Waals surface area contributed by atoms with Crippen molar-refractivity contribution in [3.63, 3.8) is 0 Å². The molecule has 4 nitrogen and oxygen atoms in total. The number of alkyl halides is 3. The molecule has 1 aliphatic rings. The number of phenols is 1. The third-order valence-electron chi connectivity index (χ3n) is 3.37. The first-order valence-electron chi connectivity index (χ1n) is 7.22. The molecule has 1 heterocycles. The normalized spacial score (nSPS) is 15.5. The molecule has 0 saturated carbocycles. The largest absolute Gasteiger partial charge is 0.507 e. The van der Waals surface area contributed by atoms with Gasteiger partial charge in [-0.3, -0.25) is 0 Å². The third-order valence-corrected chi connectivity index (χ3v) is 4.66. The second kappa shape index (κ2) is 8.48. The second-order valence-corrected chi connectivity index (χ2v) is 7.02. The van der Waals surface area contributed by atoms with Crippen LogP contribution in [0, 0.1) is 11.6 Å². The molecule has 1 atom stereocenters. The van der Waals surface area contributed by atoms with Gasteiger partial charge in [-0.1, -0.05) is 0 Å². The van der Waals surface area contributed by atoms with Crippen LogP contribution >= 0.6 is 31.9 Å². The molecule has 3 rings (SSSR count). The summed E-state index contributed by atoms with van der Waals surface area (Å²) in [5.41, 5.74) is -1.38. The standard InChI is InChI=1S/C11H5BrF4O3.C6H4BrFO/c12-6-1-2-7(13)4-3-5(10(17)18)9(11(14,15)16)19-8(4)6;7-5-2-1-4(8)3-6(5)9/h1-3,9H,(H,17,18);1-3,9H. The van der Waals surface area contributed by atoms with Gasteiger partial charge < -0.3 is 14.9 Å². The molecule has 0 saturated heterocycles. The predicted molar refractivity (Wildman–Crippen MR) is 95.9 cm³/mol. The van der Waals surface area contributed by atoms with Crippen LogP contribution in [0.5, 0.6) is 11.5 Å². The number of aromatic hydroxyl groups is 1. The number of benzene rings is 2. The smallest absolute Gasteiger partial charge is 0.430 e. The Labute approximate surface area is 171 Å². The number of hydrogen-bond donors (Lipinski definition) is 2. The zero-order valence-corrected chi connectivity index (χ0v) is 16.6. The van der Waals surface area contributed by atoms with Crippen LogP contribution in [0.25, 0.3) is 6.08 Å². The summed E-state index contributed by atoms with van der Waals surface area (Å²) in [4.78, 5) is 10.8. The van der Waals surface area contributed by atoms with Crippen molar-refractivity contribution in [3.05, 3.63) is 62.0 Å². The zero-order chi connectivity index (χ0) is 21.2. The van der Waals surface area contributed by atoms with E-state index in [1.165, 1.54) is 18.2 Å². The van der Waals surface area contributed by atoms with Crippen molar-refractivity contribution in [2.75, 3.05) is 0 Å². The number of carboxylic acids is 1. The maximum atomic E-state index is 13.5. The first-order chi connectivity index (χ1) is 12.9. The minimum Gasteiger partial charge on any atom is -0.507 e. The Morgan fingerprint density at radius 3 is 2.18 bits per heavy atom. The van der Waals surface area contributed by atoms with Crippen LogP contribution < -0.4 is 4.74 Å². The van der Waals surface area contributed by atoms with Crippen LogP contribution in [-0.4, -0.2) is 28.5 Å². The van der Waals surface area contributed by atoms with Crippen molar-refractivity contribution in [3.8, 4) is 11.5 Å². The molecular formula is C17H9Br2F5O4. The quantitative estimate of drug-likeness (QED) is 0.465. The lowest BCUT2D eigenvalue weighted by molar-refractivity contribution is -0.187. The van der Waals surface area contributed by atoms with Gasteiger partial charge in [0.15, 0.2) is 0 Å². The molecule has 1 aliphatic heterocycles. The molecule has 0 aromatic heterocycles. The maximum absolute atomic E-state index is 13.5. The van der Waals surface area contributed by atoms with Gasteiger partial charge in [-0.05, 0) is 62.2 Å². The van der Waals surface area contributed by atoms with Crippen molar-refractivity contribution < 1.29 is 41.7 Å². The van der Waals surface area contributed by atoms with E-state index in [-0.39, 0.29) is 21.5 Å². The summed E-state index contributed by atoms with van der Waals surface area (Å²) in [6.45, 7) is 0. The Bertz CT molecular complexity index is 944. The molecule has 0 spiro atoms. The highest BCUT2D eigenvalue weighted by atomic mass is 79.9. The monoisotopic (exact) mass is 530 g/mol. The number of hydrogen-bond acceptors (Lipinski definition) is 3. The van der Waals surface area contributed by atoms with Crippen molar-refractivity contribution in [2.24, 2.45) is 0 Å². The van der Waals surface area contributed by atoms with Gasteiger partial charge in [-0.25, -0.2) is 13.6 Å². The van der Waals surface area contributed by atoms with Gasteiger partial charge in [0.2, 0.25) is 6.10 Å². The lowest BCUT2D eigenvalue weighted by Crippen LogP contribution is -2.40. The summed E-state index contributed by atoms with van der Waals surface area (Å²) in [5, 5.41) is 17.6. The molecule has 150 valence electrons. The zero-order valence-electron chi connectivity index (χ0n) is 13.4. The maximum Gasteiger partial charge on any atom is 0.430 e. The Kier molecular flexibility index (Phi) is 6.71. The van der Waals surface area contributed by atoms with E-state index in [9.17, 15) is 26.7 Å². The number of carbonyl (C=O) groups is 1. The fraction of sp³-hybridized carbons (Fsp3) is 0.118. The molecule has 0 fully saturated rings. The van der Waals surface area contributed by atoms with Gasteiger partial charge in [-0.2, -0.15) is 13.2 Å². The summed E-state index contributed by atoms with van der Waals surface area (Å²) >= 11 is 5.94. The van der Waals surface area contributed by atoms with Crippen LogP contribution in [0.3, 0.4) is 0 Å². The molecule has 11 heteroatoms. The van der Waals surface area contributed by atoms with Gasteiger partial charge >= 0.3 is 12.1 Å². The highest BCUT2D eigenvalue weighted by Gasteiger charge is 2.49. The molecule has 2 aromatic rings. The minimum atomic E-state index is -4.91. The molecule has 28 heavy (non-hydrogen) atoms. The summed E-state index contributed by atoms with van der Waals surface area (Å²) < 4.78 is 69.1. The topological polar surface area (TPSA) is 66.8 Å². The van der Waals surface area contributed by atoms with Crippen molar-refractivity contribution in [2.45, 2.75) is 12.3 Å². The number of rotatable bonds is 1. The van der Waals surface area contributed by atoms with E-state index in [0.29, 0.717) is 10.5 Å². The molecule has 2 aromatic carbocycles. The van der Waals surface area contributed by atoms with E-state index in [1.54, 1.807) is 0 Å². The van der Waals surface area contributed by atoms with Crippen molar-refractivity contribution in [1.82, 2.24) is 0 Å². The Morgan fingerprint density at radius 1 is 1.07 bits per heavy atom. The fourth-order valence-corrected chi connectivity index (χ4v) is 2.80. The van der Waals surface area contributed by atoms with E-state index in [2.05, 4.69) is 36.6 Å². The summed E-state index contributed by atoms with van der Waals surface area (Å²) in [6, 6.07) is 5.94. The molecule has 0 aliphatic carbocycles. The molecule has 0 amide bonds. The van der Waals surface area contributed by atoms with Gasteiger partial charge in [0, 0.05) is 6.07 Å². The van der Waals surface area contributed by atoms with E-state index >= 15 is 0 Å². The Hall–Kier alpha value is -2.14. The summed E-state index contributed by atoms with van der Waals surface area (Å²) in [6.07, 6.45) is -6.90. The van der Waals surface area contributed by atoms with Crippen LogP contribution in [0.2, 0.25) is 0 Å². The molecule has 0 radical (unpaired) electrons. The molecule has 2 N–H and O–H groups in total. The molecule has 0 bridgehead atoms. The van der Waals surface area contributed by atoms with E-state index < -0.39 is 35.5 Å². The molecular weight excluding hydrogens is 523 g/mol. The fourth-order valence-electron chi connectivity index (χ4n) is 2.12. The van der Waals surface area contributed by atoms with Crippen molar-refractivity contribution >= 4 is 43.9 Å². The van der Waals surface area contributed by atoms with Crippen LogP contribution in [-0.2, 0) is 4.79 Å². The molecule has 1 unspecified atom stereocenters. The summed E-state index contributed by atoms with van der Waals surface area (Å²) in [5.74, 6) is -3.55. The Balaban J connectivity index is 0.000000261. The highest BCUT2D eigenvalue weighted by Crippen LogP contribution is 2.41. The minimum absolute atomic E-state index is 0.0741. The second-order valence-electron chi connectivity index (χ2n) is 5.31. The van der Waals surface area contributed by atoms with Gasteiger partial charge in [0.05, 0.1) is 20.1 Å².